The monoisotopic (exact) mass is 228 g/mol. The first-order valence-electron chi connectivity index (χ1n) is 5.44. The Bertz CT molecular complexity index is 450. The van der Waals surface area contributed by atoms with Crippen LogP contribution in [0.15, 0.2) is 60.7 Å². The largest absolute Gasteiger partial charge is 0.508 e. The summed E-state index contributed by atoms with van der Waals surface area (Å²) in [5.74, 6) is 0.200. The molecule has 0 unspecified atom stereocenters. The number of benzene rings is 1. The molecule has 1 aromatic rings. The van der Waals surface area contributed by atoms with Gasteiger partial charge in [-0.25, -0.2) is 0 Å². The summed E-state index contributed by atoms with van der Waals surface area (Å²) in [6.45, 7) is 5.48. The van der Waals surface area contributed by atoms with E-state index in [4.69, 9.17) is 5.11 Å². The molecule has 1 rings (SSSR count). The lowest BCUT2D eigenvalue weighted by atomic mass is 10.0. The number of carbonyl (C=O) groups is 1. The minimum atomic E-state index is 0.0341. The van der Waals surface area contributed by atoms with Crippen LogP contribution in [0, 0.1) is 0 Å². The fourth-order valence-corrected chi connectivity index (χ4v) is 1.38. The van der Waals surface area contributed by atoms with Gasteiger partial charge >= 0.3 is 0 Å². The Hall–Kier alpha value is -2.09. The van der Waals surface area contributed by atoms with Crippen LogP contribution in [-0.4, -0.2) is 10.9 Å². The summed E-state index contributed by atoms with van der Waals surface area (Å²) in [6.07, 6.45) is 7.60. The molecule has 0 saturated carbocycles. The minimum Gasteiger partial charge on any atom is -0.508 e. The normalized spacial score (nSPS) is 11.7. The average molecular weight is 228 g/mol. The van der Waals surface area contributed by atoms with Gasteiger partial charge in [0, 0.05) is 12.0 Å². The van der Waals surface area contributed by atoms with Crippen molar-refractivity contribution in [3.05, 3.63) is 66.3 Å². The molecule has 17 heavy (non-hydrogen) atoms. The molecule has 0 saturated heterocycles. The summed E-state index contributed by atoms with van der Waals surface area (Å²) in [5.41, 5.74) is 1.55. The van der Waals surface area contributed by atoms with E-state index in [2.05, 4.69) is 6.58 Å². The molecule has 1 N–H and O–H groups in total. The van der Waals surface area contributed by atoms with E-state index in [1.54, 1.807) is 24.3 Å². The SMILES string of the molecule is C=C/C=C\C(=C/C)CC(=O)c1ccc(O)cc1. The number of carbonyl (C=O) groups excluding carboxylic acids is 1. The van der Waals surface area contributed by atoms with Crippen molar-refractivity contribution >= 4 is 5.78 Å². The molecule has 0 aliphatic rings. The molecule has 0 aliphatic heterocycles. The van der Waals surface area contributed by atoms with Crippen LogP contribution in [0.1, 0.15) is 23.7 Å². The van der Waals surface area contributed by atoms with Crippen LogP contribution >= 0.6 is 0 Å². The fourth-order valence-electron chi connectivity index (χ4n) is 1.38. The lowest BCUT2D eigenvalue weighted by molar-refractivity contribution is 0.0994. The third-order valence-electron chi connectivity index (χ3n) is 2.37. The van der Waals surface area contributed by atoms with Crippen molar-refractivity contribution in [3.8, 4) is 5.75 Å². The van der Waals surface area contributed by atoms with Crippen LogP contribution in [0.2, 0.25) is 0 Å². The Morgan fingerprint density at radius 2 is 2.00 bits per heavy atom. The summed E-state index contributed by atoms with van der Waals surface area (Å²) in [4.78, 5) is 11.9. The molecule has 0 aromatic heterocycles. The number of Topliss-reactive ketones (excluding diaryl/α,β-unsaturated/α-hetero) is 1. The maximum atomic E-state index is 11.9. The lowest BCUT2D eigenvalue weighted by Gasteiger charge is -2.02. The molecule has 0 heterocycles. The molecule has 88 valence electrons. The average Bonchev–Trinajstić information content (AvgIpc) is 2.35. The molecule has 0 radical (unpaired) electrons. The topological polar surface area (TPSA) is 37.3 Å². The number of hydrogen-bond donors (Lipinski definition) is 1. The van der Waals surface area contributed by atoms with Gasteiger partial charge in [0.25, 0.3) is 0 Å². The molecule has 1 aromatic carbocycles. The molecule has 0 aliphatic carbocycles. The van der Waals surface area contributed by atoms with Crippen molar-refractivity contribution in [1.82, 2.24) is 0 Å². The fraction of sp³-hybridized carbons (Fsp3) is 0.133. The number of ketones is 1. The molecule has 2 nitrogen and oxygen atoms in total. The van der Waals surface area contributed by atoms with Crippen molar-refractivity contribution in [1.29, 1.82) is 0 Å². The summed E-state index contributed by atoms with van der Waals surface area (Å²) >= 11 is 0. The Morgan fingerprint density at radius 3 is 2.53 bits per heavy atom. The van der Waals surface area contributed by atoms with E-state index in [-0.39, 0.29) is 11.5 Å². The van der Waals surface area contributed by atoms with Gasteiger partial charge < -0.3 is 5.11 Å². The van der Waals surface area contributed by atoms with Gasteiger partial charge in [-0.05, 0) is 36.8 Å². The highest BCUT2D eigenvalue weighted by molar-refractivity contribution is 5.97. The third kappa shape index (κ3) is 4.11. The van der Waals surface area contributed by atoms with Gasteiger partial charge in [0.1, 0.15) is 5.75 Å². The summed E-state index contributed by atoms with van der Waals surface area (Å²) in [5, 5.41) is 9.14. The second kappa shape index (κ2) is 6.48. The number of aromatic hydroxyl groups is 1. The maximum Gasteiger partial charge on any atom is 0.167 e. The Kier molecular flexibility index (Phi) is 4.95. The Balaban J connectivity index is 2.74. The highest BCUT2D eigenvalue weighted by atomic mass is 16.3. The van der Waals surface area contributed by atoms with Crippen molar-refractivity contribution in [3.63, 3.8) is 0 Å². The van der Waals surface area contributed by atoms with E-state index in [0.29, 0.717) is 12.0 Å². The number of phenols is 1. The number of phenolic OH excluding ortho intramolecular Hbond substituents is 1. The second-order valence-electron chi connectivity index (χ2n) is 3.61. The number of rotatable bonds is 5. The van der Waals surface area contributed by atoms with E-state index < -0.39 is 0 Å². The van der Waals surface area contributed by atoms with Gasteiger partial charge in [-0.15, -0.1) is 0 Å². The molecule has 0 fully saturated rings. The zero-order valence-electron chi connectivity index (χ0n) is 9.89. The van der Waals surface area contributed by atoms with E-state index in [9.17, 15) is 4.79 Å². The van der Waals surface area contributed by atoms with Gasteiger partial charge in [-0.2, -0.15) is 0 Å². The van der Waals surface area contributed by atoms with Crippen molar-refractivity contribution in [2.45, 2.75) is 13.3 Å². The quantitative estimate of drug-likeness (QED) is 0.617. The first-order valence-corrected chi connectivity index (χ1v) is 5.44. The highest BCUT2D eigenvalue weighted by Gasteiger charge is 2.06. The zero-order chi connectivity index (χ0) is 12.7. The predicted molar refractivity (Wildman–Crippen MR) is 70.1 cm³/mol. The second-order valence-corrected chi connectivity index (χ2v) is 3.61. The zero-order valence-corrected chi connectivity index (χ0v) is 9.89. The molecular weight excluding hydrogens is 212 g/mol. The number of hydrogen-bond acceptors (Lipinski definition) is 2. The van der Waals surface area contributed by atoms with Gasteiger partial charge in [0.2, 0.25) is 0 Å². The van der Waals surface area contributed by atoms with Crippen molar-refractivity contribution < 1.29 is 9.90 Å². The van der Waals surface area contributed by atoms with Crippen molar-refractivity contribution in [2.75, 3.05) is 0 Å². The molecule has 0 spiro atoms. The Labute approximate surface area is 102 Å². The van der Waals surface area contributed by atoms with Gasteiger partial charge in [0.15, 0.2) is 5.78 Å². The number of allylic oxidation sites excluding steroid dienone is 5. The maximum absolute atomic E-state index is 11.9. The lowest BCUT2D eigenvalue weighted by Crippen LogP contribution is -1.99. The first-order chi connectivity index (χ1) is 8.17. The van der Waals surface area contributed by atoms with E-state index in [1.807, 2.05) is 19.1 Å². The van der Waals surface area contributed by atoms with E-state index >= 15 is 0 Å². The molecule has 0 atom stereocenters. The molecule has 2 heteroatoms. The third-order valence-corrected chi connectivity index (χ3v) is 2.37. The standard InChI is InChI=1S/C15H16O2/c1-3-5-6-12(4-2)11-15(17)13-7-9-14(16)10-8-13/h3-10,16H,1,11H2,2H3/b6-5-,12-4+. The summed E-state index contributed by atoms with van der Waals surface area (Å²) in [6, 6.07) is 6.29. The summed E-state index contributed by atoms with van der Waals surface area (Å²) in [7, 11) is 0. The van der Waals surface area contributed by atoms with Crippen molar-refractivity contribution in [2.24, 2.45) is 0 Å². The van der Waals surface area contributed by atoms with Crippen LogP contribution in [0.3, 0.4) is 0 Å². The van der Waals surface area contributed by atoms with Crippen LogP contribution in [0.4, 0.5) is 0 Å². The van der Waals surface area contributed by atoms with E-state index in [0.717, 1.165) is 5.57 Å². The highest BCUT2D eigenvalue weighted by Crippen LogP contribution is 2.14. The minimum absolute atomic E-state index is 0.0341. The van der Waals surface area contributed by atoms with Gasteiger partial charge in [-0.1, -0.05) is 30.9 Å². The predicted octanol–water partition coefficient (Wildman–Crippen LogP) is 3.65. The first kappa shape index (κ1) is 13.0. The van der Waals surface area contributed by atoms with Gasteiger partial charge in [-0.3, -0.25) is 4.79 Å². The summed E-state index contributed by atoms with van der Waals surface area (Å²) < 4.78 is 0. The smallest absolute Gasteiger partial charge is 0.167 e. The van der Waals surface area contributed by atoms with E-state index in [1.165, 1.54) is 12.1 Å². The molecule has 0 amide bonds. The molecular formula is C15H16O2. The molecule has 0 bridgehead atoms. The van der Waals surface area contributed by atoms with Crippen LogP contribution in [0.5, 0.6) is 5.75 Å². The van der Waals surface area contributed by atoms with Gasteiger partial charge in [0.05, 0.1) is 0 Å². The van der Waals surface area contributed by atoms with Crippen LogP contribution < -0.4 is 0 Å². The Morgan fingerprint density at radius 1 is 1.35 bits per heavy atom. The van der Waals surface area contributed by atoms with Crippen LogP contribution in [-0.2, 0) is 0 Å². The van der Waals surface area contributed by atoms with Crippen LogP contribution in [0.25, 0.3) is 0 Å².